The molecule has 2 aromatic heterocycles. The number of rotatable bonds is 9. The van der Waals surface area contributed by atoms with Crippen LogP contribution in [0.25, 0.3) is 21.5 Å². The first-order valence-corrected chi connectivity index (χ1v) is 12.3. The van der Waals surface area contributed by atoms with Crippen LogP contribution in [-0.2, 0) is 16.0 Å². The van der Waals surface area contributed by atoms with Crippen LogP contribution in [-0.4, -0.2) is 39.8 Å². The highest BCUT2D eigenvalue weighted by Crippen LogP contribution is 2.34. The molecular formula is C22H19N3O4S3. The Morgan fingerprint density at radius 3 is 2.59 bits per heavy atom. The number of hydrogen-bond donors (Lipinski definition) is 2. The van der Waals surface area contributed by atoms with Gasteiger partial charge in [0.25, 0.3) is 0 Å². The molecule has 4 aromatic rings. The van der Waals surface area contributed by atoms with Gasteiger partial charge in [-0.3, -0.25) is 9.59 Å². The topological polar surface area (TPSA) is 101 Å². The smallest absolute Gasteiger partial charge is 0.303 e. The number of fused-ring (bicyclic) bond motifs is 1. The van der Waals surface area contributed by atoms with E-state index < -0.39 is 5.97 Å². The van der Waals surface area contributed by atoms with E-state index >= 15 is 0 Å². The Morgan fingerprint density at radius 2 is 1.88 bits per heavy atom. The van der Waals surface area contributed by atoms with E-state index in [4.69, 9.17) is 9.84 Å². The van der Waals surface area contributed by atoms with Crippen molar-refractivity contribution in [2.75, 3.05) is 18.2 Å². The van der Waals surface area contributed by atoms with Gasteiger partial charge < -0.3 is 15.2 Å². The summed E-state index contributed by atoms with van der Waals surface area (Å²) >= 11 is 4.23. The fourth-order valence-electron chi connectivity index (χ4n) is 2.96. The normalized spacial score (nSPS) is 10.9. The molecule has 4 rings (SSSR count). The Bertz CT molecular complexity index is 1220. The Morgan fingerprint density at radius 1 is 1.09 bits per heavy atom. The van der Waals surface area contributed by atoms with E-state index in [0.29, 0.717) is 17.2 Å². The molecule has 2 aromatic carbocycles. The van der Waals surface area contributed by atoms with Gasteiger partial charge in [0.1, 0.15) is 5.75 Å². The van der Waals surface area contributed by atoms with Gasteiger partial charge in [0, 0.05) is 10.4 Å². The van der Waals surface area contributed by atoms with Crippen LogP contribution < -0.4 is 10.1 Å². The number of aryl methyl sites for hydroxylation is 1. The molecule has 2 heterocycles. The highest BCUT2D eigenvalue weighted by Gasteiger charge is 2.17. The third kappa shape index (κ3) is 5.45. The van der Waals surface area contributed by atoms with E-state index in [1.54, 1.807) is 18.4 Å². The van der Waals surface area contributed by atoms with Gasteiger partial charge in [0.15, 0.2) is 9.47 Å². The van der Waals surface area contributed by atoms with Crippen molar-refractivity contribution < 1.29 is 19.4 Å². The summed E-state index contributed by atoms with van der Waals surface area (Å²) in [5.41, 5.74) is 2.44. The molecule has 0 atom stereocenters. The average molecular weight is 486 g/mol. The first-order chi connectivity index (χ1) is 15.5. The molecule has 0 aliphatic carbocycles. The number of carbonyl (C=O) groups excluding carboxylic acids is 1. The maximum Gasteiger partial charge on any atom is 0.303 e. The number of thiazole rings is 2. The summed E-state index contributed by atoms with van der Waals surface area (Å²) < 4.78 is 7.12. The van der Waals surface area contributed by atoms with Crippen LogP contribution in [0.3, 0.4) is 0 Å². The van der Waals surface area contributed by atoms with Gasteiger partial charge in [0.05, 0.1) is 35.2 Å². The third-order valence-electron chi connectivity index (χ3n) is 4.47. The summed E-state index contributed by atoms with van der Waals surface area (Å²) in [5.74, 6) is -0.135. The molecule has 0 radical (unpaired) electrons. The van der Waals surface area contributed by atoms with E-state index in [2.05, 4.69) is 15.3 Å². The fraction of sp³-hybridized carbons (Fsp3) is 0.182. The number of thioether (sulfide) groups is 1. The fourth-order valence-corrected chi connectivity index (χ4v) is 5.83. The number of nitrogens with one attached hydrogen (secondary N) is 1. The summed E-state index contributed by atoms with van der Waals surface area (Å²) in [5, 5.41) is 12.4. The van der Waals surface area contributed by atoms with Crippen LogP contribution in [0.15, 0.2) is 52.9 Å². The molecular weight excluding hydrogens is 466 g/mol. The van der Waals surface area contributed by atoms with E-state index in [0.717, 1.165) is 30.7 Å². The van der Waals surface area contributed by atoms with Crippen molar-refractivity contribution >= 4 is 61.7 Å². The minimum Gasteiger partial charge on any atom is -0.497 e. The Hall–Kier alpha value is -2.95. The number of carbonyl (C=O) groups is 2. The molecule has 164 valence electrons. The highest BCUT2D eigenvalue weighted by atomic mass is 32.2. The largest absolute Gasteiger partial charge is 0.497 e. The molecule has 0 unspecified atom stereocenters. The number of anilines is 1. The van der Waals surface area contributed by atoms with E-state index in [-0.39, 0.29) is 18.1 Å². The molecule has 32 heavy (non-hydrogen) atoms. The van der Waals surface area contributed by atoms with Crippen LogP contribution >= 0.6 is 34.4 Å². The predicted molar refractivity (Wildman–Crippen MR) is 129 cm³/mol. The summed E-state index contributed by atoms with van der Waals surface area (Å²) in [6.07, 6.45) is 0.330. The average Bonchev–Trinajstić information content (AvgIpc) is 3.40. The number of aliphatic carboxylic acids is 1. The Balaban J connectivity index is 1.46. The standard InChI is InChI=1S/C22H19N3O4S3/c1-29-14-8-6-13(7-9-14)20-17(10-11-19(27)28)31-21(25-20)24-18(26)12-30-22-23-15-4-2-3-5-16(15)32-22/h2-9H,10-12H2,1H3,(H,27,28)(H,24,25,26). The number of aromatic nitrogens is 2. The third-order valence-corrected chi connectivity index (χ3v) is 7.68. The lowest BCUT2D eigenvalue weighted by Crippen LogP contribution is -2.13. The number of amides is 1. The monoisotopic (exact) mass is 485 g/mol. The summed E-state index contributed by atoms with van der Waals surface area (Å²) in [4.78, 5) is 33.5. The second-order valence-corrected chi connectivity index (χ2v) is 10.0. The minimum atomic E-state index is -0.878. The summed E-state index contributed by atoms with van der Waals surface area (Å²) in [6.45, 7) is 0. The quantitative estimate of drug-likeness (QED) is 0.315. The second kappa shape index (κ2) is 10.1. The van der Waals surface area contributed by atoms with Crippen molar-refractivity contribution in [2.24, 2.45) is 0 Å². The van der Waals surface area contributed by atoms with E-state index in [1.807, 2.05) is 48.5 Å². The van der Waals surface area contributed by atoms with E-state index in [1.165, 1.54) is 23.1 Å². The number of ether oxygens (including phenoxy) is 1. The lowest BCUT2D eigenvalue weighted by Gasteiger charge is -2.03. The van der Waals surface area contributed by atoms with Gasteiger partial charge in [-0.05, 0) is 42.8 Å². The van der Waals surface area contributed by atoms with Crippen molar-refractivity contribution in [3.05, 3.63) is 53.4 Å². The highest BCUT2D eigenvalue weighted by molar-refractivity contribution is 8.01. The molecule has 2 N–H and O–H groups in total. The lowest BCUT2D eigenvalue weighted by atomic mass is 10.1. The van der Waals surface area contributed by atoms with Crippen LogP contribution in [0, 0.1) is 0 Å². The van der Waals surface area contributed by atoms with Crippen LogP contribution in [0.5, 0.6) is 5.75 Å². The molecule has 0 saturated carbocycles. The van der Waals surface area contributed by atoms with Crippen molar-refractivity contribution in [1.29, 1.82) is 0 Å². The molecule has 0 fully saturated rings. The van der Waals surface area contributed by atoms with Gasteiger partial charge in [0.2, 0.25) is 5.91 Å². The minimum absolute atomic E-state index is 0.00775. The van der Waals surface area contributed by atoms with Crippen molar-refractivity contribution in [2.45, 2.75) is 17.2 Å². The number of methoxy groups -OCH3 is 1. The van der Waals surface area contributed by atoms with Crippen molar-refractivity contribution in [3.63, 3.8) is 0 Å². The molecule has 0 bridgehead atoms. The summed E-state index contributed by atoms with van der Waals surface area (Å²) in [6, 6.07) is 15.2. The first-order valence-electron chi connectivity index (χ1n) is 9.66. The zero-order valence-corrected chi connectivity index (χ0v) is 19.5. The number of para-hydroxylation sites is 1. The number of hydrogen-bond acceptors (Lipinski definition) is 8. The van der Waals surface area contributed by atoms with Crippen LogP contribution in [0.2, 0.25) is 0 Å². The zero-order chi connectivity index (χ0) is 22.5. The number of nitrogens with zero attached hydrogens (tertiary/aromatic N) is 2. The molecule has 1 amide bonds. The second-order valence-electron chi connectivity index (χ2n) is 6.70. The van der Waals surface area contributed by atoms with Crippen LogP contribution in [0.4, 0.5) is 5.13 Å². The van der Waals surface area contributed by atoms with Gasteiger partial charge in [-0.25, -0.2) is 9.97 Å². The maximum atomic E-state index is 12.5. The van der Waals surface area contributed by atoms with Gasteiger partial charge in [-0.1, -0.05) is 23.9 Å². The predicted octanol–water partition coefficient (Wildman–Crippen LogP) is 5.18. The molecule has 10 heteroatoms. The molecule has 7 nitrogen and oxygen atoms in total. The van der Waals surface area contributed by atoms with Gasteiger partial charge in [-0.2, -0.15) is 0 Å². The maximum absolute atomic E-state index is 12.5. The Labute approximate surface area is 196 Å². The number of carboxylic acid groups (broad SMARTS) is 1. The molecule has 0 saturated heterocycles. The number of carboxylic acids is 1. The van der Waals surface area contributed by atoms with Crippen molar-refractivity contribution in [1.82, 2.24) is 9.97 Å². The zero-order valence-electron chi connectivity index (χ0n) is 17.0. The Kier molecular flexibility index (Phi) is 7.03. The number of benzene rings is 2. The van der Waals surface area contributed by atoms with Crippen LogP contribution in [0.1, 0.15) is 11.3 Å². The van der Waals surface area contributed by atoms with E-state index in [9.17, 15) is 9.59 Å². The summed E-state index contributed by atoms with van der Waals surface area (Å²) in [7, 11) is 1.59. The van der Waals surface area contributed by atoms with Gasteiger partial charge in [-0.15, -0.1) is 22.7 Å². The SMILES string of the molecule is COc1ccc(-c2nc(NC(=O)CSc3nc4ccccc4s3)sc2CCC(=O)O)cc1. The molecule has 0 aliphatic rings. The molecule has 0 spiro atoms. The van der Waals surface area contributed by atoms with Crippen molar-refractivity contribution in [3.8, 4) is 17.0 Å². The lowest BCUT2D eigenvalue weighted by molar-refractivity contribution is -0.136. The van der Waals surface area contributed by atoms with Gasteiger partial charge >= 0.3 is 5.97 Å². The molecule has 0 aliphatic heterocycles. The first kappa shape index (κ1) is 22.3.